The molecule has 0 aliphatic carbocycles. The van der Waals surface area contributed by atoms with Crippen molar-refractivity contribution in [3.63, 3.8) is 0 Å². The highest BCUT2D eigenvalue weighted by molar-refractivity contribution is 6.22. The summed E-state index contributed by atoms with van der Waals surface area (Å²) < 4.78 is 0. The third-order valence-corrected chi connectivity index (χ3v) is 0.547. The number of hydrogen-bond donors (Lipinski definition) is 3. The fourth-order valence-corrected chi connectivity index (χ4v) is 0.241. The molecule has 0 rings (SSSR count). The minimum Gasteiger partial charge on any atom is -0.404 e. The van der Waals surface area contributed by atoms with Crippen LogP contribution >= 0.6 is 0 Å². The molecule has 4 nitrogen and oxygen atoms in total. The van der Waals surface area contributed by atoms with Gasteiger partial charge in [0.1, 0.15) is 0 Å². The largest absolute Gasteiger partial charge is 0.404 e. The van der Waals surface area contributed by atoms with Gasteiger partial charge in [-0.3, -0.25) is 0 Å². The molecule has 0 aliphatic rings. The summed E-state index contributed by atoms with van der Waals surface area (Å²) in [5.74, 6) is 0.0317. The summed E-state index contributed by atoms with van der Waals surface area (Å²) in [6, 6.07) is 0. The molecule has 0 heterocycles. The van der Waals surface area contributed by atoms with Gasteiger partial charge in [-0.2, -0.15) is 0 Å². The van der Waals surface area contributed by atoms with E-state index in [1.165, 1.54) is 6.20 Å². The van der Waals surface area contributed by atoms with Crippen LogP contribution in [0.5, 0.6) is 0 Å². The minimum absolute atomic E-state index is 0.0317. The zero-order chi connectivity index (χ0) is 6.57. The van der Waals surface area contributed by atoms with Crippen molar-refractivity contribution in [2.45, 2.75) is 0 Å². The maximum Gasteiger partial charge on any atom is 0.190 e. The summed E-state index contributed by atoms with van der Waals surface area (Å²) in [6.45, 7) is 0. The lowest BCUT2D eigenvalue weighted by molar-refractivity contribution is 1.37. The first kappa shape index (κ1) is 6.87. The second-order valence-electron chi connectivity index (χ2n) is 1.34. The molecule has 5 heteroatoms. The highest BCUT2D eigenvalue weighted by Gasteiger charge is 1.79. The molecule has 0 radical (unpaired) electrons. The topological polar surface area (TPSA) is 90.4 Å². The zero-order valence-electron chi connectivity index (χ0n) is 4.76. The Kier molecular flexibility index (Phi) is 2.54. The summed E-state index contributed by atoms with van der Waals surface area (Å²) in [4.78, 5) is 3.60. The maximum absolute atomic E-state index is 5.04. The lowest BCUT2D eigenvalue weighted by Gasteiger charge is -1.89. The van der Waals surface area contributed by atoms with Gasteiger partial charge in [0.25, 0.3) is 0 Å². The van der Waals surface area contributed by atoms with Crippen LogP contribution in [0.15, 0.2) is 16.8 Å². The molecule has 6 N–H and O–H groups in total. The number of nitrogens with two attached hydrogens (primary N) is 3. The van der Waals surface area contributed by atoms with Crippen molar-refractivity contribution >= 4 is 13.8 Å². The molecule has 0 fully saturated rings. The molecule has 0 saturated carbocycles. The molecule has 0 saturated heterocycles. The molecule has 0 bridgehead atoms. The van der Waals surface area contributed by atoms with Gasteiger partial charge in [0, 0.05) is 11.8 Å². The minimum atomic E-state index is 0.0317. The molecular formula is C3H9BN4. The van der Waals surface area contributed by atoms with Gasteiger partial charge in [-0.05, 0) is 0 Å². The maximum atomic E-state index is 5.04. The van der Waals surface area contributed by atoms with Crippen molar-refractivity contribution < 1.29 is 0 Å². The van der Waals surface area contributed by atoms with Crippen molar-refractivity contribution in [1.82, 2.24) is 0 Å². The Balaban J connectivity index is 3.89. The van der Waals surface area contributed by atoms with Gasteiger partial charge in [0.2, 0.25) is 0 Å². The Bertz CT molecular complexity index is 123. The second kappa shape index (κ2) is 2.95. The molecule has 0 amide bonds. The van der Waals surface area contributed by atoms with Crippen LogP contribution in [0.4, 0.5) is 0 Å². The molecule has 0 unspecified atom stereocenters. The van der Waals surface area contributed by atoms with E-state index in [2.05, 4.69) is 4.99 Å². The fraction of sp³-hybridized carbons (Fsp3) is 0. The van der Waals surface area contributed by atoms with Gasteiger partial charge < -0.3 is 17.2 Å². The van der Waals surface area contributed by atoms with Crippen LogP contribution in [-0.4, -0.2) is 13.8 Å². The second-order valence-corrected chi connectivity index (χ2v) is 1.34. The van der Waals surface area contributed by atoms with Crippen LogP contribution in [0.1, 0.15) is 0 Å². The van der Waals surface area contributed by atoms with Crippen LogP contribution in [0.25, 0.3) is 0 Å². The van der Waals surface area contributed by atoms with E-state index in [1.54, 1.807) is 7.85 Å². The molecule has 0 atom stereocenters. The summed E-state index contributed by atoms with van der Waals surface area (Å²) in [5.41, 5.74) is 15.7. The Hall–Kier alpha value is -1.13. The van der Waals surface area contributed by atoms with Crippen molar-refractivity contribution in [2.24, 2.45) is 22.2 Å². The first-order valence-corrected chi connectivity index (χ1v) is 2.15. The molecule has 8 heavy (non-hydrogen) atoms. The van der Waals surface area contributed by atoms with Gasteiger partial charge in [0.15, 0.2) is 13.8 Å². The molecular weight excluding hydrogens is 103 g/mol. The Morgan fingerprint density at radius 1 is 1.50 bits per heavy atom. The molecule has 0 aromatic heterocycles. The van der Waals surface area contributed by atoms with Gasteiger partial charge in [0.05, 0.1) is 0 Å². The van der Waals surface area contributed by atoms with Crippen molar-refractivity contribution in [3.05, 3.63) is 11.8 Å². The third kappa shape index (κ3) is 3.08. The lowest BCUT2D eigenvalue weighted by atomic mass is 10.1. The molecule has 0 aliphatic heterocycles. The van der Waals surface area contributed by atoms with Crippen molar-refractivity contribution in [2.75, 3.05) is 0 Å². The smallest absolute Gasteiger partial charge is 0.190 e. The van der Waals surface area contributed by atoms with Crippen molar-refractivity contribution in [3.8, 4) is 0 Å². The highest BCUT2D eigenvalue weighted by atomic mass is 15.0. The van der Waals surface area contributed by atoms with Crippen molar-refractivity contribution in [1.29, 1.82) is 0 Å². The fourth-order valence-electron chi connectivity index (χ4n) is 0.241. The first-order chi connectivity index (χ1) is 3.66. The molecule has 0 aromatic rings. The number of aliphatic imine (C=N–C) groups is 1. The van der Waals surface area contributed by atoms with Gasteiger partial charge in [-0.15, -0.1) is 0 Å². The predicted octanol–water partition coefficient (Wildman–Crippen LogP) is -2.35. The van der Waals surface area contributed by atoms with Gasteiger partial charge in [-0.1, -0.05) is 0 Å². The van der Waals surface area contributed by atoms with Crippen LogP contribution in [0.2, 0.25) is 0 Å². The summed E-state index contributed by atoms with van der Waals surface area (Å²) >= 11 is 0. The molecule has 0 spiro atoms. The van der Waals surface area contributed by atoms with E-state index in [4.69, 9.17) is 17.2 Å². The lowest BCUT2D eigenvalue weighted by Crippen LogP contribution is -2.22. The van der Waals surface area contributed by atoms with Crippen LogP contribution in [-0.2, 0) is 0 Å². The Morgan fingerprint density at radius 3 is 2.12 bits per heavy atom. The van der Waals surface area contributed by atoms with E-state index in [-0.39, 0.29) is 5.96 Å². The predicted molar refractivity (Wildman–Crippen MR) is 36.6 cm³/mol. The van der Waals surface area contributed by atoms with E-state index in [1.807, 2.05) is 0 Å². The van der Waals surface area contributed by atoms with E-state index >= 15 is 0 Å². The highest BCUT2D eigenvalue weighted by Crippen LogP contribution is 1.80. The Labute approximate surface area is 48.8 Å². The van der Waals surface area contributed by atoms with E-state index in [9.17, 15) is 0 Å². The SMILES string of the molecule is B/C(=C/N)N=C(N)N. The van der Waals surface area contributed by atoms with E-state index in [0.29, 0.717) is 5.60 Å². The number of rotatable bonds is 1. The first-order valence-electron chi connectivity index (χ1n) is 2.15. The third-order valence-electron chi connectivity index (χ3n) is 0.547. The number of nitrogens with zero attached hydrogens (tertiary/aromatic N) is 1. The average molecular weight is 112 g/mol. The van der Waals surface area contributed by atoms with Crippen LogP contribution < -0.4 is 17.2 Å². The zero-order valence-corrected chi connectivity index (χ0v) is 4.76. The van der Waals surface area contributed by atoms with Gasteiger partial charge >= 0.3 is 0 Å². The molecule has 0 aromatic carbocycles. The standard InChI is InChI=1S/C3H9BN4/c4-2(1-5)8-3(6)7/h1H,4-5H2,(H4,6,7,8)/b2-1-. The quantitative estimate of drug-likeness (QED) is 0.201. The average Bonchev–Trinajstić information content (AvgIpc) is 1.65. The number of hydrogen-bond acceptors (Lipinski definition) is 2. The van der Waals surface area contributed by atoms with Crippen LogP contribution in [0.3, 0.4) is 0 Å². The summed E-state index contributed by atoms with van der Waals surface area (Å²) in [5, 5.41) is 0. The summed E-state index contributed by atoms with van der Waals surface area (Å²) in [6.07, 6.45) is 1.33. The van der Waals surface area contributed by atoms with E-state index < -0.39 is 0 Å². The Morgan fingerprint density at radius 2 is 2.00 bits per heavy atom. The normalized spacial score (nSPS) is 10.8. The summed E-state index contributed by atoms with van der Waals surface area (Å²) in [7, 11) is 1.71. The van der Waals surface area contributed by atoms with E-state index in [0.717, 1.165) is 0 Å². The van der Waals surface area contributed by atoms with Crippen LogP contribution in [0, 0.1) is 0 Å². The van der Waals surface area contributed by atoms with Gasteiger partial charge in [-0.25, -0.2) is 4.99 Å². The molecule has 44 valence electrons. The monoisotopic (exact) mass is 112 g/mol. The number of guanidine groups is 1.